The Kier molecular flexibility index (Phi) is 7.75. The van der Waals surface area contributed by atoms with Gasteiger partial charge in [0.15, 0.2) is 0 Å². The van der Waals surface area contributed by atoms with E-state index in [0.29, 0.717) is 28.3 Å². The number of nitrogens with zero attached hydrogens (tertiary/aromatic N) is 4. The molecule has 1 saturated heterocycles. The van der Waals surface area contributed by atoms with Gasteiger partial charge in [-0.1, -0.05) is 6.07 Å². The molecule has 1 aliphatic heterocycles. The van der Waals surface area contributed by atoms with Gasteiger partial charge in [0, 0.05) is 56.4 Å². The minimum absolute atomic E-state index is 0.210. The minimum Gasteiger partial charge on any atom is -0.494 e. The highest BCUT2D eigenvalue weighted by molar-refractivity contribution is 7.80. The zero-order valence-corrected chi connectivity index (χ0v) is 22.7. The lowest BCUT2D eigenvalue weighted by Crippen LogP contribution is -2.47. The SMILES string of the molecule is COc1cc(N2CCN(CCS)CC2)c(C)cc1Nc1nc(Nc2cccc(F)c2C(N)=O)c2cc[nH]c2n1. The standard InChI is InChI=1S/C27H31FN8O2S/c1-16-14-20(22(38-2)15-21(16)36-10-8-35(9-11-36)12-13-39)32-27-33-25-17(6-7-30-25)26(34-27)31-19-5-3-4-18(28)23(19)24(29)37/h3-7,14-15,39H,8-13H2,1-2H3,(H2,29,37)(H3,30,31,32,33,34). The van der Waals surface area contributed by atoms with E-state index < -0.39 is 11.7 Å². The van der Waals surface area contributed by atoms with Gasteiger partial charge >= 0.3 is 0 Å². The maximum atomic E-state index is 14.4. The summed E-state index contributed by atoms with van der Waals surface area (Å²) >= 11 is 4.35. The van der Waals surface area contributed by atoms with E-state index in [9.17, 15) is 9.18 Å². The number of ether oxygens (including phenoxy) is 1. The Labute approximate surface area is 231 Å². The van der Waals surface area contributed by atoms with Crippen LogP contribution in [0.5, 0.6) is 5.75 Å². The van der Waals surface area contributed by atoms with Crippen LogP contribution in [0.15, 0.2) is 42.6 Å². The summed E-state index contributed by atoms with van der Waals surface area (Å²) in [6.45, 7) is 6.90. The third-order valence-electron chi connectivity index (χ3n) is 6.82. The summed E-state index contributed by atoms with van der Waals surface area (Å²) < 4.78 is 20.1. The van der Waals surface area contributed by atoms with Gasteiger partial charge in [-0.3, -0.25) is 9.69 Å². The van der Waals surface area contributed by atoms with Crippen LogP contribution < -0.4 is 26.0 Å². The average molecular weight is 551 g/mol. The number of halogens is 1. The molecule has 0 radical (unpaired) electrons. The van der Waals surface area contributed by atoms with Crippen LogP contribution in [-0.4, -0.2) is 71.3 Å². The number of carbonyl (C=O) groups excluding carboxylic acids is 1. The Morgan fingerprint density at radius 2 is 1.95 bits per heavy atom. The van der Waals surface area contributed by atoms with Crippen molar-refractivity contribution in [1.29, 1.82) is 0 Å². The zero-order valence-electron chi connectivity index (χ0n) is 21.8. The third kappa shape index (κ3) is 5.57. The molecule has 1 amide bonds. The van der Waals surface area contributed by atoms with E-state index in [1.54, 1.807) is 25.4 Å². The molecular weight excluding hydrogens is 519 g/mol. The number of H-pyrrole nitrogens is 1. The molecule has 4 aromatic rings. The van der Waals surface area contributed by atoms with Gasteiger partial charge in [0.25, 0.3) is 5.91 Å². The highest BCUT2D eigenvalue weighted by Gasteiger charge is 2.21. The van der Waals surface area contributed by atoms with Crippen LogP contribution in [0.2, 0.25) is 0 Å². The second-order valence-electron chi connectivity index (χ2n) is 9.30. The van der Waals surface area contributed by atoms with Crippen molar-refractivity contribution in [2.24, 2.45) is 5.73 Å². The maximum absolute atomic E-state index is 14.4. The van der Waals surface area contributed by atoms with E-state index >= 15 is 0 Å². The number of aromatic nitrogens is 3. The Morgan fingerprint density at radius 1 is 1.15 bits per heavy atom. The van der Waals surface area contributed by atoms with Crippen molar-refractivity contribution in [3.63, 3.8) is 0 Å². The number of carbonyl (C=O) groups is 1. The van der Waals surface area contributed by atoms with Crippen LogP contribution in [0, 0.1) is 12.7 Å². The van der Waals surface area contributed by atoms with E-state index in [1.807, 2.05) is 12.1 Å². The minimum atomic E-state index is -0.878. The number of fused-ring (bicyclic) bond motifs is 1. The molecule has 3 heterocycles. The fourth-order valence-corrected chi connectivity index (χ4v) is 5.14. The van der Waals surface area contributed by atoms with Gasteiger partial charge in [0.1, 0.15) is 23.0 Å². The van der Waals surface area contributed by atoms with Crippen molar-refractivity contribution in [3.8, 4) is 5.75 Å². The number of aryl methyl sites for hydroxylation is 1. The highest BCUT2D eigenvalue weighted by Crippen LogP contribution is 2.36. The smallest absolute Gasteiger partial charge is 0.253 e. The van der Waals surface area contributed by atoms with Crippen molar-refractivity contribution >= 4 is 58.4 Å². The van der Waals surface area contributed by atoms with E-state index in [4.69, 9.17) is 10.5 Å². The molecule has 5 N–H and O–H groups in total. The summed E-state index contributed by atoms with van der Waals surface area (Å²) in [5.74, 6) is 0.582. The summed E-state index contributed by atoms with van der Waals surface area (Å²) in [4.78, 5) is 29.0. The molecule has 39 heavy (non-hydrogen) atoms. The molecule has 2 aromatic heterocycles. The average Bonchev–Trinajstić information content (AvgIpc) is 3.39. The molecule has 0 spiro atoms. The Balaban J connectivity index is 1.44. The number of hydrogen-bond donors (Lipinski definition) is 5. The predicted octanol–water partition coefficient (Wildman–Crippen LogP) is 4.05. The van der Waals surface area contributed by atoms with Gasteiger partial charge in [0.05, 0.1) is 29.4 Å². The number of nitrogens with two attached hydrogens (primary N) is 1. The van der Waals surface area contributed by atoms with Crippen LogP contribution in [0.4, 0.5) is 33.2 Å². The fraction of sp³-hybridized carbons (Fsp3) is 0.296. The number of aromatic amines is 1. The second-order valence-corrected chi connectivity index (χ2v) is 9.75. The first-order chi connectivity index (χ1) is 18.9. The summed E-state index contributed by atoms with van der Waals surface area (Å²) in [6.07, 6.45) is 1.73. The van der Waals surface area contributed by atoms with Crippen molar-refractivity contribution in [3.05, 3.63) is 59.5 Å². The molecular formula is C27H31FN8O2S. The van der Waals surface area contributed by atoms with E-state index in [1.165, 1.54) is 12.1 Å². The molecule has 0 aliphatic carbocycles. The topological polar surface area (TPSA) is 124 Å². The highest BCUT2D eigenvalue weighted by atomic mass is 32.1. The maximum Gasteiger partial charge on any atom is 0.253 e. The largest absolute Gasteiger partial charge is 0.494 e. The molecule has 1 fully saturated rings. The molecule has 0 atom stereocenters. The van der Waals surface area contributed by atoms with Gasteiger partial charge in [-0.2, -0.15) is 22.6 Å². The summed E-state index contributed by atoms with van der Waals surface area (Å²) in [5, 5.41) is 6.99. The number of piperazine rings is 1. The first-order valence-corrected chi connectivity index (χ1v) is 13.3. The van der Waals surface area contributed by atoms with Crippen molar-refractivity contribution in [2.75, 3.05) is 61.1 Å². The Bertz CT molecular complexity index is 1500. The monoisotopic (exact) mass is 550 g/mol. The van der Waals surface area contributed by atoms with Gasteiger partial charge in [-0.25, -0.2) is 4.39 Å². The van der Waals surface area contributed by atoms with Crippen LogP contribution in [-0.2, 0) is 0 Å². The van der Waals surface area contributed by atoms with E-state index in [0.717, 1.165) is 49.7 Å². The first kappa shape index (κ1) is 26.6. The summed E-state index contributed by atoms with van der Waals surface area (Å²) in [6, 6.07) is 10.1. The van der Waals surface area contributed by atoms with Gasteiger partial charge in [-0.05, 0) is 36.8 Å². The number of rotatable bonds is 9. The molecule has 204 valence electrons. The number of amides is 1. The van der Waals surface area contributed by atoms with Crippen LogP contribution in [0.1, 0.15) is 15.9 Å². The lowest BCUT2D eigenvalue weighted by atomic mass is 10.1. The summed E-state index contributed by atoms with van der Waals surface area (Å²) in [5.41, 5.74) is 8.87. The lowest BCUT2D eigenvalue weighted by molar-refractivity contribution is 0.0997. The van der Waals surface area contributed by atoms with E-state index in [2.05, 4.69) is 54.9 Å². The van der Waals surface area contributed by atoms with Gasteiger partial charge < -0.3 is 31.0 Å². The quantitative estimate of drug-likeness (QED) is 0.198. The normalized spacial score (nSPS) is 14.0. The van der Waals surface area contributed by atoms with Crippen molar-refractivity contribution in [2.45, 2.75) is 6.92 Å². The molecule has 2 aromatic carbocycles. The second kappa shape index (κ2) is 11.4. The van der Waals surface area contributed by atoms with Gasteiger partial charge in [-0.15, -0.1) is 0 Å². The molecule has 0 bridgehead atoms. The first-order valence-electron chi connectivity index (χ1n) is 12.6. The van der Waals surface area contributed by atoms with Crippen LogP contribution in [0.25, 0.3) is 11.0 Å². The molecule has 1 aliphatic rings. The Morgan fingerprint density at radius 3 is 2.67 bits per heavy atom. The summed E-state index contributed by atoms with van der Waals surface area (Å²) in [7, 11) is 1.63. The molecule has 10 nitrogen and oxygen atoms in total. The number of methoxy groups -OCH3 is 1. The van der Waals surface area contributed by atoms with E-state index in [-0.39, 0.29) is 17.2 Å². The number of hydrogen-bond acceptors (Lipinski definition) is 9. The lowest BCUT2D eigenvalue weighted by Gasteiger charge is -2.36. The van der Waals surface area contributed by atoms with Crippen LogP contribution in [0.3, 0.4) is 0 Å². The number of thiol groups is 1. The van der Waals surface area contributed by atoms with Gasteiger partial charge in [0.2, 0.25) is 5.95 Å². The zero-order chi connectivity index (χ0) is 27.5. The molecule has 0 unspecified atom stereocenters. The predicted molar refractivity (Wildman–Crippen MR) is 156 cm³/mol. The molecule has 0 saturated carbocycles. The van der Waals surface area contributed by atoms with Crippen LogP contribution >= 0.6 is 12.6 Å². The number of primary amides is 1. The molecule has 5 rings (SSSR count). The fourth-order valence-electron chi connectivity index (χ4n) is 4.86. The number of anilines is 5. The Hall–Kier alpha value is -4.03. The van der Waals surface area contributed by atoms with Crippen molar-refractivity contribution < 1.29 is 13.9 Å². The number of nitrogens with one attached hydrogen (secondary N) is 3. The molecule has 12 heteroatoms. The van der Waals surface area contributed by atoms with Crippen molar-refractivity contribution in [1.82, 2.24) is 19.9 Å². The number of benzene rings is 2. The third-order valence-corrected chi connectivity index (χ3v) is 7.02.